The summed E-state index contributed by atoms with van der Waals surface area (Å²) in [5.74, 6) is 0.703. The zero-order chi connectivity index (χ0) is 10.2. The van der Waals surface area contributed by atoms with Crippen LogP contribution in [0.3, 0.4) is 0 Å². The van der Waals surface area contributed by atoms with Crippen molar-refractivity contribution in [1.29, 1.82) is 0 Å². The minimum atomic E-state index is 0.119. The maximum Gasteiger partial charge on any atom is 0.166 e. The third-order valence-corrected chi connectivity index (χ3v) is 2.61. The van der Waals surface area contributed by atoms with Gasteiger partial charge in [-0.3, -0.25) is 0 Å². The monoisotopic (exact) mass is 214 g/mol. The Morgan fingerprint density at radius 3 is 2.93 bits per heavy atom. The van der Waals surface area contributed by atoms with E-state index in [0.29, 0.717) is 17.6 Å². The molecular weight excluding hydrogens is 196 g/mol. The van der Waals surface area contributed by atoms with Crippen LogP contribution in [-0.2, 0) is 0 Å². The van der Waals surface area contributed by atoms with Crippen LogP contribution in [0.5, 0.6) is 0 Å². The van der Waals surface area contributed by atoms with Crippen molar-refractivity contribution in [1.82, 2.24) is 10.6 Å². The van der Waals surface area contributed by atoms with Gasteiger partial charge in [0, 0.05) is 13.1 Å². The highest BCUT2D eigenvalue weighted by Crippen LogP contribution is 2.16. The van der Waals surface area contributed by atoms with Gasteiger partial charge in [0.2, 0.25) is 0 Å². The van der Waals surface area contributed by atoms with E-state index >= 15 is 0 Å². The lowest BCUT2D eigenvalue weighted by atomic mass is 9.94. The number of rotatable bonds is 4. The average Bonchev–Trinajstić information content (AvgIpc) is 2.25. The third-order valence-electron chi connectivity index (χ3n) is 2.33. The van der Waals surface area contributed by atoms with Crippen molar-refractivity contribution in [3.63, 3.8) is 0 Å². The van der Waals surface area contributed by atoms with Gasteiger partial charge in [0.1, 0.15) is 0 Å². The fraction of sp³-hybridized carbons (Fsp3) is 0.700. The predicted molar refractivity (Wildman–Crippen MR) is 62.2 cm³/mol. The molecule has 0 amide bonds. The lowest BCUT2D eigenvalue weighted by molar-refractivity contribution is 0.300. The molecule has 0 spiro atoms. The standard InChI is InChI=1S/C10H18N2OS/c13-7-6-11-10(14)12-8-9-4-2-1-3-5-9/h1-2,9,13H,3-8H2,(H2,11,12,14). The van der Waals surface area contributed by atoms with Gasteiger partial charge in [0.05, 0.1) is 6.61 Å². The van der Waals surface area contributed by atoms with Gasteiger partial charge in [-0.25, -0.2) is 0 Å². The Hall–Kier alpha value is -0.610. The molecule has 14 heavy (non-hydrogen) atoms. The smallest absolute Gasteiger partial charge is 0.166 e. The summed E-state index contributed by atoms with van der Waals surface area (Å²) in [4.78, 5) is 0. The molecular formula is C10H18N2OS. The number of thiocarbonyl (C=S) groups is 1. The second-order valence-corrected chi connectivity index (χ2v) is 3.92. The normalized spacial score (nSPS) is 20.5. The molecule has 1 aliphatic carbocycles. The van der Waals surface area contributed by atoms with Crippen LogP contribution < -0.4 is 10.6 Å². The molecule has 1 atom stereocenters. The summed E-state index contributed by atoms with van der Waals surface area (Å²) in [7, 11) is 0. The van der Waals surface area contributed by atoms with Gasteiger partial charge in [0.15, 0.2) is 5.11 Å². The maximum atomic E-state index is 8.57. The Kier molecular flexibility index (Phi) is 5.56. The largest absolute Gasteiger partial charge is 0.395 e. The van der Waals surface area contributed by atoms with Gasteiger partial charge in [0.25, 0.3) is 0 Å². The van der Waals surface area contributed by atoms with Crippen LogP contribution in [0.1, 0.15) is 19.3 Å². The predicted octanol–water partition coefficient (Wildman–Crippen LogP) is 0.799. The first-order chi connectivity index (χ1) is 6.83. The number of nitrogens with one attached hydrogen (secondary N) is 2. The van der Waals surface area contributed by atoms with Crippen LogP contribution >= 0.6 is 12.2 Å². The highest BCUT2D eigenvalue weighted by atomic mass is 32.1. The summed E-state index contributed by atoms with van der Waals surface area (Å²) in [5.41, 5.74) is 0. The molecule has 1 aliphatic rings. The van der Waals surface area contributed by atoms with Crippen molar-refractivity contribution in [2.45, 2.75) is 19.3 Å². The highest BCUT2D eigenvalue weighted by Gasteiger charge is 2.09. The van der Waals surface area contributed by atoms with Crippen molar-refractivity contribution in [3.05, 3.63) is 12.2 Å². The molecule has 1 rings (SSSR count). The van der Waals surface area contributed by atoms with Crippen LogP contribution in [0, 0.1) is 5.92 Å². The van der Waals surface area contributed by atoms with Gasteiger partial charge in [-0.2, -0.15) is 0 Å². The van der Waals surface area contributed by atoms with E-state index in [2.05, 4.69) is 22.8 Å². The van der Waals surface area contributed by atoms with Crippen LogP contribution in [0.2, 0.25) is 0 Å². The van der Waals surface area contributed by atoms with E-state index in [0.717, 1.165) is 13.0 Å². The lowest BCUT2D eigenvalue weighted by Crippen LogP contribution is -2.39. The summed E-state index contributed by atoms with van der Waals surface area (Å²) >= 11 is 5.04. The molecule has 3 N–H and O–H groups in total. The van der Waals surface area contributed by atoms with E-state index in [4.69, 9.17) is 17.3 Å². The molecule has 0 aromatic rings. The Bertz CT molecular complexity index is 206. The molecule has 0 aromatic carbocycles. The van der Waals surface area contributed by atoms with Crippen molar-refractivity contribution in [3.8, 4) is 0 Å². The van der Waals surface area contributed by atoms with Crippen LogP contribution in [0.4, 0.5) is 0 Å². The first-order valence-corrected chi connectivity index (χ1v) is 5.51. The van der Waals surface area contributed by atoms with Gasteiger partial charge < -0.3 is 15.7 Å². The third kappa shape index (κ3) is 4.58. The second-order valence-electron chi connectivity index (χ2n) is 3.51. The van der Waals surface area contributed by atoms with Crippen molar-refractivity contribution < 1.29 is 5.11 Å². The fourth-order valence-corrected chi connectivity index (χ4v) is 1.70. The minimum Gasteiger partial charge on any atom is -0.395 e. The van der Waals surface area contributed by atoms with Gasteiger partial charge in [-0.15, -0.1) is 0 Å². The Labute approximate surface area is 90.6 Å². The Balaban J connectivity index is 2.07. The number of hydrogen-bond donors (Lipinski definition) is 3. The summed E-state index contributed by atoms with van der Waals surface area (Å²) < 4.78 is 0. The molecule has 0 radical (unpaired) electrons. The van der Waals surface area contributed by atoms with Crippen molar-refractivity contribution in [2.24, 2.45) is 5.92 Å². The Morgan fingerprint density at radius 2 is 2.29 bits per heavy atom. The zero-order valence-electron chi connectivity index (χ0n) is 8.33. The number of aliphatic hydroxyl groups excluding tert-OH is 1. The SMILES string of the molecule is OCCNC(=S)NCC1CC=CCC1. The maximum absolute atomic E-state index is 8.57. The van der Waals surface area contributed by atoms with E-state index in [9.17, 15) is 0 Å². The quantitative estimate of drug-likeness (QED) is 0.478. The molecule has 0 aliphatic heterocycles. The van der Waals surface area contributed by atoms with E-state index in [1.54, 1.807) is 0 Å². The van der Waals surface area contributed by atoms with Crippen molar-refractivity contribution >= 4 is 17.3 Å². The highest BCUT2D eigenvalue weighted by molar-refractivity contribution is 7.80. The molecule has 80 valence electrons. The van der Waals surface area contributed by atoms with E-state index < -0.39 is 0 Å². The zero-order valence-corrected chi connectivity index (χ0v) is 9.15. The number of aliphatic hydroxyl groups is 1. The van der Waals surface area contributed by atoms with E-state index in [1.807, 2.05) is 0 Å². The summed E-state index contributed by atoms with van der Waals surface area (Å²) in [6, 6.07) is 0. The molecule has 0 saturated carbocycles. The summed E-state index contributed by atoms with van der Waals surface area (Å²) in [5, 5.41) is 15.3. The van der Waals surface area contributed by atoms with Crippen LogP contribution in [0.15, 0.2) is 12.2 Å². The molecule has 0 bridgehead atoms. The molecule has 4 heteroatoms. The van der Waals surface area contributed by atoms with Crippen LogP contribution in [0.25, 0.3) is 0 Å². The minimum absolute atomic E-state index is 0.119. The van der Waals surface area contributed by atoms with Crippen molar-refractivity contribution in [2.75, 3.05) is 19.7 Å². The van der Waals surface area contributed by atoms with Gasteiger partial charge in [-0.05, 0) is 37.4 Å². The second kappa shape index (κ2) is 6.79. The summed E-state index contributed by atoms with van der Waals surface area (Å²) in [6.45, 7) is 1.58. The van der Waals surface area contributed by atoms with E-state index in [-0.39, 0.29) is 6.61 Å². The molecule has 0 fully saturated rings. The first-order valence-electron chi connectivity index (χ1n) is 5.10. The average molecular weight is 214 g/mol. The van der Waals surface area contributed by atoms with Gasteiger partial charge in [-0.1, -0.05) is 12.2 Å². The molecule has 3 nitrogen and oxygen atoms in total. The molecule has 1 unspecified atom stereocenters. The van der Waals surface area contributed by atoms with E-state index in [1.165, 1.54) is 12.8 Å². The topological polar surface area (TPSA) is 44.3 Å². The molecule has 0 saturated heterocycles. The fourth-order valence-electron chi connectivity index (χ4n) is 1.51. The molecule has 0 aromatic heterocycles. The Morgan fingerprint density at radius 1 is 1.43 bits per heavy atom. The van der Waals surface area contributed by atoms with Gasteiger partial charge >= 0.3 is 0 Å². The summed E-state index contributed by atoms with van der Waals surface area (Å²) in [6.07, 6.45) is 8.05. The number of hydrogen-bond acceptors (Lipinski definition) is 2. The lowest BCUT2D eigenvalue weighted by Gasteiger charge is -2.19. The first kappa shape index (κ1) is 11.5. The molecule has 0 heterocycles. The van der Waals surface area contributed by atoms with Crippen LogP contribution in [-0.4, -0.2) is 29.9 Å². The number of allylic oxidation sites excluding steroid dienone is 2.